The molecule has 0 aromatic heterocycles. The van der Waals surface area contributed by atoms with Crippen LogP contribution in [0.25, 0.3) is 0 Å². The topological polar surface area (TPSA) is 12.0 Å². The largest absolute Gasteiger partial charge is 0.416 e. The third kappa shape index (κ3) is 3.92. The van der Waals surface area contributed by atoms with Crippen LogP contribution >= 0.6 is 0 Å². The number of hydrogen-bond acceptors (Lipinski definition) is 1. The lowest BCUT2D eigenvalue weighted by Crippen LogP contribution is -2.35. The van der Waals surface area contributed by atoms with E-state index in [9.17, 15) is 13.2 Å². The van der Waals surface area contributed by atoms with Gasteiger partial charge in [0.1, 0.15) is 0 Å². The third-order valence-corrected chi connectivity index (χ3v) is 4.57. The zero-order valence-electron chi connectivity index (χ0n) is 12.9. The Morgan fingerprint density at radius 1 is 1.14 bits per heavy atom. The highest BCUT2D eigenvalue weighted by molar-refractivity contribution is 5.50. The standard InChI is InChI=1S/C17H24F3N/c1-11(2)14-6-4-5-7-16(14)21-13-9-8-12(3)15(10-13)17(18,19)20/h8-11,14,16,21H,4-7H2,1-3H3. The predicted octanol–water partition coefficient (Wildman–Crippen LogP) is 5.64. The Balaban J connectivity index is 2.19. The smallest absolute Gasteiger partial charge is 0.382 e. The molecule has 1 nitrogen and oxygen atoms in total. The summed E-state index contributed by atoms with van der Waals surface area (Å²) in [6, 6.07) is 4.85. The van der Waals surface area contributed by atoms with Crippen molar-refractivity contribution in [3.8, 4) is 0 Å². The lowest BCUT2D eigenvalue weighted by atomic mass is 9.77. The van der Waals surface area contributed by atoms with Crippen LogP contribution in [0.1, 0.15) is 50.7 Å². The molecule has 1 saturated carbocycles. The zero-order chi connectivity index (χ0) is 15.6. The monoisotopic (exact) mass is 299 g/mol. The predicted molar refractivity (Wildman–Crippen MR) is 80.4 cm³/mol. The van der Waals surface area contributed by atoms with Crippen LogP contribution in [0.15, 0.2) is 18.2 Å². The van der Waals surface area contributed by atoms with E-state index in [0.717, 1.165) is 19.3 Å². The van der Waals surface area contributed by atoms with E-state index in [1.807, 2.05) is 0 Å². The minimum Gasteiger partial charge on any atom is -0.382 e. The number of hydrogen-bond donors (Lipinski definition) is 1. The molecule has 1 aromatic carbocycles. The Labute approximate surface area is 124 Å². The molecule has 1 aliphatic rings. The summed E-state index contributed by atoms with van der Waals surface area (Å²) in [7, 11) is 0. The maximum Gasteiger partial charge on any atom is 0.416 e. The maximum atomic E-state index is 13.0. The van der Waals surface area contributed by atoms with Gasteiger partial charge in [0.25, 0.3) is 0 Å². The number of benzene rings is 1. The molecule has 0 spiro atoms. The lowest BCUT2D eigenvalue weighted by molar-refractivity contribution is -0.138. The fraction of sp³-hybridized carbons (Fsp3) is 0.647. The number of anilines is 1. The molecule has 2 atom stereocenters. The van der Waals surface area contributed by atoms with Gasteiger partial charge >= 0.3 is 6.18 Å². The van der Waals surface area contributed by atoms with Crippen molar-refractivity contribution in [2.45, 2.75) is 58.7 Å². The summed E-state index contributed by atoms with van der Waals surface area (Å²) in [6.45, 7) is 5.89. The van der Waals surface area contributed by atoms with Crippen LogP contribution in [0.3, 0.4) is 0 Å². The molecule has 1 fully saturated rings. The van der Waals surface area contributed by atoms with E-state index in [0.29, 0.717) is 17.5 Å². The van der Waals surface area contributed by atoms with Crippen LogP contribution in [0.2, 0.25) is 0 Å². The van der Waals surface area contributed by atoms with Crippen LogP contribution in [-0.2, 0) is 6.18 Å². The first-order valence-corrected chi connectivity index (χ1v) is 7.73. The highest BCUT2D eigenvalue weighted by atomic mass is 19.4. The normalized spacial score (nSPS) is 23.4. The molecule has 0 aliphatic heterocycles. The van der Waals surface area contributed by atoms with Crippen LogP contribution in [0.5, 0.6) is 0 Å². The first kappa shape index (κ1) is 16.2. The zero-order valence-corrected chi connectivity index (χ0v) is 12.9. The van der Waals surface area contributed by atoms with E-state index in [4.69, 9.17) is 0 Å². The van der Waals surface area contributed by atoms with Crippen molar-refractivity contribution in [3.05, 3.63) is 29.3 Å². The van der Waals surface area contributed by atoms with Crippen molar-refractivity contribution in [1.29, 1.82) is 0 Å². The van der Waals surface area contributed by atoms with Gasteiger partial charge in [0.2, 0.25) is 0 Å². The second-order valence-corrected chi connectivity index (χ2v) is 6.47. The molecule has 0 saturated heterocycles. The quantitative estimate of drug-likeness (QED) is 0.761. The Morgan fingerprint density at radius 2 is 1.81 bits per heavy atom. The molecule has 21 heavy (non-hydrogen) atoms. The molecule has 0 heterocycles. The first-order chi connectivity index (χ1) is 9.79. The van der Waals surface area contributed by atoms with E-state index < -0.39 is 11.7 Å². The minimum absolute atomic E-state index is 0.275. The third-order valence-electron chi connectivity index (χ3n) is 4.57. The van der Waals surface area contributed by atoms with Gasteiger partial charge in [-0.25, -0.2) is 0 Å². The highest BCUT2D eigenvalue weighted by Gasteiger charge is 2.33. The van der Waals surface area contributed by atoms with Crippen molar-refractivity contribution in [3.63, 3.8) is 0 Å². The molecule has 2 unspecified atom stereocenters. The van der Waals surface area contributed by atoms with Gasteiger partial charge in [-0.3, -0.25) is 0 Å². The van der Waals surface area contributed by atoms with Crippen molar-refractivity contribution < 1.29 is 13.2 Å². The molecule has 118 valence electrons. The number of nitrogens with one attached hydrogen (secondary N) is 1. The van der Waals surface area contributed by atoms with Crippen molar-refractivity contribution in [2.75, 3.05) is 5.32 Å². The fourth-order valence-corrected chi connectivity index (χ4v) is 3.37. The molecule has 2 rings (SSSR count). The van der Waals surface area contributed by atoms with Gasteiger partial charge in [-0.2, -0.15) is 13.2 Å². The van der Waals surface area contributed by atoms with Crippen molar-refractivity contribution in [2.24, 2.45) is 11.8 Å². The number of halogens is 3. The summed E-state index contributed by atoms with van der Waals surface area (Å²) in [5.74, 6) is 1.09. The summed E-state index contributed by atoms with van der Waals surface area (Å²) in [4.78, 5) is 0. The number of alkyl halides is 3. The minimum atomic E-state index is -4.29. The first-order valence-electron chi connectivity index (χ1n) is 7.73. The van der Waals surface area contributed by atoms with Crippen LogP contribution in [0, 0.1) is 18.8 Å². The van der Waals surface area contributed by atoms with E-state index in [2.05, 4.69) is 19.2 Å². The van der Waals surface area contributed by atoms with Gasteiger partial charge < -0.3 is 5.32 Å². The van der Waals surface area contributed by atoms with Crippen LogP contribution in [-0.4, -0.2) is 6.04 Å². The van der Waals surface area contributed by atoms with Gasteiger partial charge in [0.05, 0.1) is 5.56 Å². The Hall–Kier alpha value is -1.19. The summed E-state index contributed by atoms with van der Waals surface area (Å²) in [5, 5.41) is 3.35. The summed E-state index contributed by atoms with van der Waals surface area (Å²) < 4.78 is 39.0. The van der Waals surface area contributed by atoms with E-state index in [-0.39, 0.29) is 11.6 Å². The average Bonchev–Trinajstić information content (AvgIpc) is 2.40. The molecule has 0 radical (unpaired) electrons. The Kier molecular flexibility index (Phi) is 4.84. The Morgan fingerprint density at radius 3 is 2.43 bits per heavy atom. The molecule has 4 heteroatoms. The molecular formula is C17H24F3N. The fourth-order valence-electron chi connectivity index (χ4n) is 3.37. The van der Waals surface area contributed by atoms with Gasteiger partial charge in [-0.1, -0.05) is 32.8 Å². The molecular weight excluding hydrogens is 275 g/mol. The van der Waals surface area contributed by atoms with E-state index in [1.54, 1.807) is 12.1 Å². The van der Waals surface area contributed by atoms with Gasteiger partial charge in [0.15, 0.2) is 0 Å². The molecule has 1 aliphatic carbocycles. The molecule has 1 aromatic rings. The average molecular weight is 299 g/mol. The summed E-state index contributed by atoms with van der Waals surface area (Å²) in [6.07, 6.45) is 0.290. The van der Waals surface area contributed by atoms with Gasteiger partial charge in [0, 0.05) is 11.7 Å². The van der Waals surface area contributed by atoms with E-state index in [1.165, 1.54) is 19.4 Å². The second-order valence-electron chi connectivity index (χ2n) is 6.47. The van der Waals surface area contributed by atoms with Crippen molar-refractivity contribution >= 4 is 5.69 Å². The summed E-state index contributed by atoms with van der Waals surface area (Å²) in [5.41, 5.74) is 0.326. The molecule has 0 bridgehead atoms. The number of rotatable bonds is 3. The maximum absolute atomic E-state index is 13.0. The SMILES string of the molecule is Cc1ccc(NC2CCCCC2C(C)C)cc1C(F)(F)F. The lowest BCUT2D eigenvalue weighted by Gasteiger charge is -2.35. The second kappa shape index (κ2) is 6.29. The van der Waals surface area contributed by atoms with Gasteiger partial charge in [-0.15, -0.1) is 0 Å². The number of aryl methyl sites for hydroxylation is 1. The highest BCUT2D eigenvalue weighted by Crippen LogP contribution is 2.36. The molecule has 0 amide bonds. The summed E-state index contributed by atoms with van der Waals surface area (Å²) >= 11 is 0. The van der Waals surface area contributed by atoms with Crippen LogP contribution in [0.4, 0.5) is 18.9 Å². The van der Waals surface area contributed by atoms with E-state index >= 15 is 0 Å². The molecule has 1 N–H and O–H groups in total. The van der Waals surface area contributed by atoms with Crippen LogP contribution < -0.4 is 5.32 Å². The van der Waals surface area contributed by atoms with Crippen molar-refractivity contribution in [1.82, 2.24) is 0 Å². The Bertz CT molecular complexity index is 479. The van der Waals surface area contributed by atoms with Gasteiger partial charge in [-0.05, 0) is 49.3 Å².